The SMILES string of the molecule is CCCCN(C)C(=NC)NCCNS(C)(=O)=O. The Kier molecular flexibility index (Phi) is 7.90. The van der Waals surface area contributed by atoms with E-state index in [0.717, 1.165) is 31.6 Å². The number of aliphatic imine (C=N–C) groups is 1. The van der Waals surface area contributed by atoms with E-state index < -0.39 is 10.0 Å². The molecular formula is C10H24N4O2S. The van der Waals surface area contributed by atoms with E-state index in [-0.39, 0.29) is 0 Å². The fourth-order valence-corrected chi connectivity index (χ4v) is 1.77. The summed E-state index contributed by atoms with van der Waals surface area (Å²) in [5.41, 5.74) is 0. The van der Waals surface area contributed by atoms with Crippen molar-refractivity contribution in [2.45, 2.75) is 19.8 Å². The number of unbranched alkanes of at least 4 members (excludes halogenated alkanes) is 1. The predicted octanol–water partition coefficient (Wildman–Crippen LogP) is -0.157. The molecule has 2 N–H and O–H groups in total. The molecule has 0 aliphatic rings. The monoisotopic (exact) mass is 264 g/mol. The predicted molar refractivity (Wildman–Crippen MR) is 71.7 cm³/mol. The highest BCUT2D eigenvalue weighted by Crippen LogP contribution is 1.92. The molecule has 0 atom stereocenters. The van der Waals surface area contributed by atoms with Crippen molar-refractivity contribution >= 4 is 16.0 Å². The van der Waals surface area contributed by atoms with E-state index in [0.29, 0.717) is 13.1 Å². The molecule has 7 heteroatoms. The standard InChI is InChI=1S/C10H24N4O2S/c1-5-6-9-14(3)10(11-2)12-7-8-13-17(4,15)16/h13H,5-9H2,1-4H3,(H,11,12). The summed E-state index contributed by atoms with van der Waals surface area (Å²) in [4.78, 5) is 6.16. The van der Waals surface area contributed by atoms with Gasteiger partial charge in [-0.05, 0) is 6.42 Å². The number of nitrogens with one attached hydrogen (secondary N) is 2. The maximum absolute atomic E-state index is 10.8. The van der Waals surface area contributed by atoms with Crippen LogP contribution in [0.25, 0.3) is 0 Å². The molecule has 0 rings (SSSR count). The van der Waals surface area contributed by atoms with Crippen LogP contribution in [0.3, 0.4) is 0 Å². The van der Waals surface area contributed by atoms with Crippen LogP contribution in [0.15, 0.2) is 4.99 Å². The van der Waals surface area contributed by atoms with Crippen molar-refractivity contribution in [2.75, 3.05) is 40.0 Å². The van der Waals surface area contributed by atoms with Gasteiger partial charge >= 0.3 is 0 Å². The van der Waals surface area contributed by atoms with E-state index in [9.17, 15) is 8.42 Å². The largest absolute Gasteiger partial charge is 0.355 e. The van der Waals surface area contributed by atoms with E-state index in [2.05, 4.69) is 22.0 Å². The van der Waals surface area contributed by atoms with Gasteiger partial charge < -0.3 is 10.2 Å². The van der Waals surface area contributed by atoms with E-state index in [1.165, 1.54) is 0 Å². The highest BCUT2D eigenvalue weighted by molar-refractivity contribution is 7.88. The summed E-state index contributed by atoms with van der Waals surface area (Å²) >= 11 is 0. The molecule has 17 heavy (non-hydrogen) atoms. The Bertz CT molecular complexity index is 327. The van der Waals surface area contributed by atoms with Gasteiger partial charge in [-0.1, -0.05) is 13.3 Å². The van der Waals surface area contributed by atoms with Crippen molar-refractivity contribution in [1.29, 1.82) is 0 Å². The molecule has 0 bridgehead atoms. The second-order valence-electron chi connectivity index (χ2n) is 3.92. The molecule has 0 aromatic carbocycles. The van der Waals surface area contributed by atoms with E-state index in [1.54, 1.807) is 7.05 Å². The topological polar surface area (TPSA) is 73.8 Å². The molecule has 0 saturated heterocycles. The van der Waals surface area contributed by atoms with Crippen LogP contribution in [-0.2, 0) is 10.0 Å². The minimum absolute atomic E-state index is 0.361. The minimum atomic E-state index is -3.11. The molecule has 0 heterocycles. The third kappa shape index (κ3) is 8.93. The van der Waals surface area contributed by atoms with E-state index in [4.69, 9.17) is 0 Å². The zero-order chi connectivity index (χ0) is 13.3. The van der Waals surface area contributed by atoms with E-state index in [1.807, 2.05) is 11.9 Å². The van der Waals surface area contributed by atoms with Crippen LogP contribution >= 0.6 is 0 Å². The Morgan fingerprint density at radius 1 is 1.35 bits per heavy atom. The number of rotatable bonds is 7. The van der Waals surface area contributed by atoms with Crippen LogP contribution in [0, 0.1) is 0 Å². The van der Waals surface area contributed by atoms with Gasteiger partial charge in [0.25, 0.3) is 0 Å². The maximum atomic E-state index is 10.8. The van der Waals surface area contributed by atoms with Gasteiger partial charge in [0.15, 0.2) is 5.96 Å². The van der Waals surface area contributed by atoms with Crippen LogP contribution < -0.4 is 10.0 Å². The number of sulfonamides is 1. The molecule has 0 spiro atoms. The fourth-order valence-electron chi connectivity index (χ4n) is 1.30. The van der Waals surface area contributed by atoms with Gasteiger partial charge in [-0.25, -0.2) is 13.1 Å². The Labute approximate surface area is 105 Å². The van der Waals surface area contributed by atoms with Gasteiger partial charge in [-0.15, -0.1) is 0 Å². The van der Waals surface area contributed by atoms with Crippen LogP contribution in [-0.4, -0.2) is 59.3 Å². The molecule has 0 aromatic heterocycles. The Hall–Kier alpha value is -0.820. The van der Waals surface area contributed by atoms with E-state index >= 15 is 0 Å². The van der Waals surface area contributed by atoms with Crippen LogP contribution in [0.5, 0.6) is 0 Å². The third-order valence-electron chi connectivity index (χ3n) is 2.19. The first-order valence-corrected chi connectivity index (χ1v) is 7.66. The van der Waals surface area contributed by atoms with Crippen LogP contribution in [0.1, 0.15) is 19.8 Å². The van der Waals surface area contributed by atoms with Gasteiger partial charge in [0, 0.05) is 33.7 Å². The zero-order valence-electron chi connectivity index (χ0n) is 11.2. The summed E-state index contributed by atoms with van der Waals surface area (Å²) in [5, 5.41) is 3.10. The van der Waals surface area contributed by atoms with Crippen molar-refractivity contribution < 1.29 is 8.42 Å². The van der Waals surface area contributed by atoms with Crippen LogP contribution in [0.2, 0.25) is 0 Å². The molecule has 0 amide bonds. The summed E-state index contributed by atoms with van der Waals surface area (Å²) in [5.74, 6) is 0.786. The number of nitrogens with zero attached hydrogens (tertiary/aromatic N) is 2. The Balaban J connectivity index is 3.91. The normalized spacial score (nSPS) is 12.6. The van der Waals surface area contributed by atoms with Gasteiger partial charge in [0.2, 0.25) is 10.0 Å². The van der Waals surface area contributed by atoms with Gasteiger partial charge in [0.05, 0.1) is 6.26 Å². The van der Waals surface area contributed by atoms with Gasteiger partial charge in [0.1, 0.15) is 0 Å². The molecule has 0 aliphatic carbocycles. The summed E-state index contributed by atoms with van der Waals surface area (Å²) in [6.45, 7) is 3.96. The highest BCUT2D eigenvalue weighted by Gasteiger charge is 2.04. The number of hydrogen-bond acceptors (Lipinski definition) is 3. The molecule has 0 unspecified atom stereocenters. The average molecular weight is 264 g/mol. The first-order chi connectivity index (χ1) is 7.90. The van der Waals surface area contributed by atoms with Gasteiger partial charge in [-0.2, -0.15) is 0 Å². The third-order valence-corrected chi connectivity index (χ3v) is 2.92. The molecule has 102 valence electrons. The number of guanidine groups is 1. The summed E-state index contributed by atoms with van der Waals surface area (Å²) in [7, 11) is 0.578. The zero-order valence-corrected chi connectivity index (χ0v) is 12.0. The van der Waals surface area contributed by atoms with Crippen LogP contribution in [0.4, 0.5) is 0 Å². The maximum Gasteiger partial charge on any atom is 0.208 e. The van der Waals surface area contributed by atoms with Gasteiger partial charge in [-0.3, -0.25) is 4.99 Å². The smallest absolute Gasteiger partial charge is 0.208 e. The molecule has 0 fully saturated rings. The fraction of sp³-hybridized carbons (Fsp3) is 0.900. The first-order valence-electron chi connectivity index (χ1n) is 5.77. The Morgan fingerprint density at radius 2 is 2.00 bits per heavy atom. The number of hydrogen-bond donors (Lipinski definition) is 2. The highest BCUT2D eigenvalue weighted by atomic mass is 32.2. The average Bonchev–Trinajstić information content (AvgIpc) is 2.24. The molecule has 0 saturated carbocycles. The second-order valence-corrected chi connectivity index (χ2v) is 5.75. The van der Waals surface area contributed by atoms with Crippen molar-refractivity contribution in [2.24, 2.45) is 4.99 Å². The summed E-state index contributed by atoms with van der Waals surface area (Å²) in [6, 6.07) is 0. The lowest BCUT2D eigenvalue weighted by atomic mass is 10.3. The second kappa shape index (κ2) is 8.30. The molecule has 6 nitrogen and oxygen atoms in total. The molecule has 0 aliphatic heterocycles. The van der Waals surface area contributed by atoms with Crippen molar-refractivity contribution in [3.63, 3.8) is 0 Å². The molecular weight excluding hydrogens is 240 g/mol. The molecule has 0 aromatic rings. The lowest BCUT2D eigenvalue weighted by molar-refractivity contribution is 0.465. The lowest BCUT2D eigenvalue weighted by Crippen LogP contribution is -2.42. The van der Waals surface area contributed by atoms with Crippen molar-refractivity contribution in [3.8, 4) is 0 Å². The lowest BCUT2D eigenvalue weighted by Gasteiger charge is -2.21. The summed E-state index contributed by atoms with van der Waals surface area (Å²) < 4.78 is 24.1. The minimum Gasteiger partial charge on any atom is -0.355 e. The first kappa shape index (κ1) is 16.2. The van der Waals surface area contributed by atoms with Crippen molar-refractivity contribution in [1.82, 2.24) is 14.9 Å². The molecule has 0 radical (unpaired) electrons. The van der Waals surface area contributed by atoms with Crippen molar-refractivity contribution in [3.05, 3.63) is 0 Å². The Morgan fingerprint density at radius 3 is 2.47 bits per heavy atom. The quantitative estimate of drug-likeness (QED) is 0.381. The summed E-state index contributed by atoms with van der Waals surface area (Å²) in [6.07, 6.45) is 3.39.